The summed E-state index contributed by atoms with van der Waals surface area (Å²) in [5.74, 6) is -4.26. The minimum atomic E-state index is -1.43. The summed E-state index contributed by atoms with van der Waals surface area (Å²) < 4.78 is 0. The summed E-state index contributed by atoms with van der Waals surface area (Å²) in [5, 5.41) is 34.5. The summed E-state index contributed by atoms with van der Waals surface area (Å²) >= 11 is 1.40. The molecule has 0 fully saturated rings. The zero-order chi connectivity index (χ0) is 24.8. The molecule has 4 unspecified atom stereocenters. The topological polar surface area (TPSA) is 208 Å². The zero-order valence-corrected chi connectivity index (χ0v) is 19.3. The molecule has 0 aromatic rings. The Balaban J connectivity index is 5.18. The van der Waals surface area contributed by atoms with Crippen molar-refractivity contribution < 1.29 is 39.3 Å². The van der Waals surface area contributed by atoms with Crippen LogP contribution >= 0.6 is 11.8 Å². The monoisotopic (exact) mass is 478 g/mol. The third-order valence-corrected chi connectivity index (χ3v) is 5.03. The lowest BCUT2D eigenvalue weighted by atomic mass is 10.0. The van der Waals surface area contributed by atoms with Gasteiger partial charge in [0.05, 0.1) is 12.6 Å². The van der Waals surface area contributed by atoms with Crippen LogP contribution in [0.4, 0.5) is 0 Å². The number of carbonyl (C=O) groups is 5. The Kier molecular flexibility index (Phi) is 14.3. The van der Waals surface area contributed by atoms with E-state index in [1.165, 1.54) is 11.8 Å². The highest BCUT2D eigenvalue weighted by molar-refractivity contribution is 7.98. The fraction of sp³-hybridized carbons (Fsp3) is 0.737. The molecule has 0 heterocycles. The van der Waals surface area contributed by atoms with Gasteiger partial charge in [0.25, 0.3) is 0 Å². The number of aliphatic hydroxyl groups excluding tert-OH is 1. The molecule has 0 saturated heterocycles. The van der Waals surface area contributed by atoms with Crippen LogP contribution in [0.25, 0.3) is 0 Å². The van der Waals surface area contributed by atoms with Crippen molar-refractivity contribution in [2.45, 2.75) is 63.7 Å². The number of carbonyl (C=O) groups excluding carboxylic acids is 3. The first-order valence-electron chi connectivity index (χ1n) is 10.1. The van der Waals surface area contributed by atoms with E-state index in [9.17, 15) is 34.2 Å². The van der Waals surface area contributed by atoms with Gasteiger partial charge in [0.2, 0.25) is 17.7 Å². The maximum absolute atomic E-state index is 12.7. The van der Waals surface area contributed by atoms with Gasteiger partial charge in [-0.15, -0.1) is 0 Å². The van der Waals surface area contributed by atoms with E-state index >= 15 is 0 Å². The number of hydrogen-bond donors (Lipinski definition) is 7. The molecule has 0 rings (SSSR count). The smallest absolute Gasteiger partial charge is 0.326 e. The van der Waals surface area contributed by atoms with Gasteiger partial charge in [0.15, 0.2) is 0 Å². The number of nitrogens with two attached hydrogens (primary N) is 1. The number of aliphatic hydroxyl groups is 1. The molecule has 0 aliphatic heterocycles. The lowest BCUT2D eigenvalue weighted by molar-refractivity contribution is -0.142. The fourth-order valence-electron chi connectivity index (χ4n) is 2.62. The minimum Gasteiger partial charge on any atom is -0.481 e. The van der Waals surface area contributed by atoms with E-state index in [1.54, 1.807) is 20.1 Å². The molecule has 4 atom stereocenters. The number of carboxylic acids is 2. The predicted octanol–water partition coefficient (Wildman–Crippen LogP) is -1.49. The number of thioether (sulfide) groups is 1. The van der Waals surface area contributed by atoms with Gasteiger partial charge in [-0.3, -0.25) is 19.2 Å². The molecule has 184 valence electrons. The number of nitrogens with one attached hydrogen (secondary N) is 3. The van der Waals surface area contributed by atoms with E-state index in [2.05, 4.69) is 16.0 Å². The first-order valence-corrected chi connectivity index (χ1v) is 11.5. The molecule has 3 amide bonds. The van der Waals surface area contributed by atoms with Crippen LogP contribution in [0.1, 0.15) is 39.5 Å². The van der Waals surface area contributed by atoms with Crippen molar-refractivity contribution in [2.24, 2.45) is 11.7 Å². The van der Waals surface area contributed by atoms with Crippen molar-refractivity contribution >= 4 is 41.4 Å². The Morgan fingerprint density at radius 3 is 1.88 bits per heavy atom. The summed E-state index contributed by atoms with van der Waals surface area (Å²) in [6.45, 7) is 2.82. The van der Waals surface area contributed by atoms with Crippen LogP contribution in [0.5, 0.6) is 0 Å². The maximum atomic E-state index is 12.7. The Morgan fingerprint density at radius 2 is 1.41 bits per heavy atom. The normalized spacial score (nSPS) is 14.7. The molecular formula is C19H34N4O8S. The first kappa shape index (κ1) is 29.6. The van der Waals surface area contributed by atoms with Crippen LogP contribution in [0.15, 0.2) is 0 Å². The Labute approximate surface area is 191 Å². The van der Waals surface area contributed by atoms with Gasteiger partial charge in [0, 0.05) is 6.42 Å². The zero-order valence-electron chi connectivity index (χ0n) is 18.5. The van der Waals surface area contributed by atoms with E-state index in [-0.39, 0.29) is 31.6 Å². The van der Waals surface area contributed by atoms with Gasteiger partial charge >= 0.3 is 11.9 Å². The molecule has 0 radical (unpaired) electrons. The van der Waals surface area contributed by atoms with E-state index < -0.39 is 60.4 Å². The summed E-state index contributed by atoms with van der Waals surface area (Å²) in [5.41, 5.74) is 5.67. The average Bonchev–Trinajstić information content (AvgIpc) is 2.71. The van der Waals surface area contributed by atoms with Crippen molar-refractivity contribution in [2.75, 3.05) is 18.6 Å². The quantitative estimate of drug-likeness (QED) is 0.137. The van der Waals surface area contributed by atoms with E-state index in [0.29, 0.717) is 5.75 Å². The molecular weight excluding hydrogens is 444 g/mol. The van der Waals surface area contributed by atoms with Crippen molar-refractivity contribution in [3.63, 3.8) is 0 Å². The molecule has 8 N–H and O–H groups in total. The molecule has 0 aliphatic rings. The largest absolute Gasteiger partial charge is 0.481 e. The van der Waals surface area contributed by atoms with Crippen molar-refractivity contribution in [1.82, 2.24) is 16.0 Å². The number of carboxylic acid groups (broad SMARTS) is 2. The molecule has 32 heavy (non-hydrogen) atoms. The van der Waals surface area contributed by atoms with Crippen molar-refractivity contribution in [3.05, 3.63) is 0 Å². The summed E-state index contributed by atoms with van der Waals surface area (Å²) in [4.78, 5) is 59.3. The Hall–Kier alpha value is -2.38. The van der Waals surface area contributed by atoms with Crippen LogP contribution in [0.3, 0.4) is 0 Å². The number of hydrogen-bond acceptors (Lipinski definition) is 8. The number of aliphatic carboxylic acids is 2. The molecule has 0 aliphatic carbocycles. The molecule has 0 bridgehead atoms. The molecule has 0 spiro atoms. The SMILES string of the molecule is CSCCC(NC(=O)C(CO)NC(=O)C(CC(C)C)NC(=O)C(N)CCC(=O)O)C(=O)O. The highest BCUT2D eigenvalue weighted by Gasteiger charge is 2.30. The Morgan fingerprint density at radius 1 is 0.875 bits per heavy atom. The van der Waals surface area contributed by atoms with Gasteiger partial charge in [0.1, 0.15) is 18.1 Å². The number of rotatable bonds is 16. The maximum Gasteiger partial charge on any atom is 0.326 e. The first-order chi connectivity index (χ1) is 14.9. The highest BCUT2D eigenvalue weighted by Crippen LogP contribution is 2.07. The number of amides is 3. The van der Waals surface area contributed by atoms with E-state index in [4.69, 9.17) is 10.8 Å². The highest BCUT2D eigenvalue weighted by atomic mass is 32.2. The molecule has 13 heteroatoms. The van der Waals surface area contributed by atoms with E-state index in [0.717, 1.165) is 0 Å². The summed E-state index contributed by atoms with van der Waals surface area (Å²) in [7, 11) is 0. The van der Waals surface area contributed by atoms with Crippen LogP contribution in [-0.2, 0) is 24.0 Å². The van der Waals surface area contributed by atoms with Gasteiger partial charge in [-0.1, -0.05) is 13.8 Å². The Bertz CT molecular complexity index is 661. The fourth-order valence-corrected chi connectivity index (χ4v) is 3.09. The minimum absolute atomic E-state index is 0.0365. The van der Waals surface area contributed by atoms with Gasteiger partial charge < -0.3 is 37.0 Å². The molecule has 12 nitrogen and oxygen atoms in total. The van der Waals surface area contributed by atoms with Gasteiger partial charge in [-0.25, -0.2) is 4.79 Å². The third-order valence-electron chi connectivity index (χ3n) is 4.39. The standard InChI is InChI=1S/C19H34N4O8S/c1-10(2)8-13(22-16(27)11(20)4-5-15(25)26)17(28)23-14(9-24)18(29)21-12(19(30)31)6-7-32-3/h10-14,24H,4-9,20H2,1-3H3,(H,21,29)(H,22,27)(H,23,28)(H,25,26)(H,30,31). The second-order valence-corrected chi connectivity index (χ2v) is 8.64. The van der Waals surface area contributed by atoms with Crippen LogP contribution < -0.4 is 21.7 Å². The third kappa shape index (κ3) is 11.9. The van der Waals surface area contributed by atoms with Gasteiger partial charge in [-0.2, -0.15) is 11.8 Å². The van der Waals surface area contributed by atoms with Crippen LogP contribution in [0.2, 0.25) is 0 Å². The molecule has 0 aromatic carbocycles. The summed E-state index contributed by atoms with van der Waals surface area (Å²) in [6.07, 6.45) is 1.70. The summed E-state index contributed by atoms with van der Waals surface area (Å²) in [6, 6.07) is -4.84. The molecule has 0 saturated carbocycles. The predicted molar refractivity (Wildman–Crippen MR) is 118 cm³/mol. The lowest BCUT2D eigenvalue weighted by Gasteiger charge is -2.25. The van der Waals surface area contributed by atoms with Crippen LogP contribution in [0, 0.1) is 5.92 Å². The second kappa shape index (κ2) is 15.4. The van der Waals surface area contributed by atoms with Crippen LogP contribution in [-0.4, -0.2) is 87.8 Å². The lowest BCUT2D eigenvalue weighted by Crippen LogP contribution is -2.58. The van der Waals surface area contributed by atoms with Crippen molar-refractivity contribution in [1.29, 1.82) is 0 Å². The van der Waals surface area contributed by atoms with Crippen molar-refractivity contribution in [3.8, 4) is 0 Å². The van der Waals surface area contributed by atoms with E-state index in [1.807, 2.05) is 0 Å². The second-order valence-electron chi connectivity index (χ2n) is 7.65. The molecule has 0 aromatic heterocycles. The average molecular weight is 479 g/mol. The van der Waals surface area contributed by atoms with Gasteiger partial charge in [-0.05, 0) is 37.2 Å².